The first-order chi connectivity index (χ1) is 15.7. The third-order valence-corrected chi connectivity index (χ3v) is 6.94. The van der Waals surface area contributed by atoms with Gasteiger partial charge in [-0.2, -0.15) is 0 Å². The van der Waals surface area contributed by atoms with Crippen molar-refractivity contribution >= 4 is 17.0 Å². The van der Waals surface area contributed by atoms with Crippen LogP contribution in [0.1, 0.15) is 57.4 Å². The number of hydrogen-bond acceptors (Lipinski definition) is 4. The van der Waals surface area contributed by atoms with E-state index >= 15 is 0 Å². The molecule has 4 nitrogen and oxygen atoms in total. The van der Waals surface area contributed by atoms with Crippen LogP contribution < -0.4 is 0 Å². The molecule has 4 rings (SSSR count). The summed E-state index contributed by atoms with van der Waals surface area (Å²) in [4.78, 5) is 2.45. The Morgan fingerprint density at radius 3 is 2.45 bits per heavy atom. The van der Waals surface area contributed by atoms with Crippen molar-refractivity contribution in [2.75, 3.05) is 6.54 Å². The van der Waals surface area contributed by atoms with Crippen LogP contribution in [-0.2, 0) is 17.8 Å². The standard InChI is InChI=1S/C29H37NO3/c1-6-22-13-10-14-27-26(22)16-24(33-27)15-23(31)19-30-28(2,3)17-25(18-29(30,4)5)32-20-21-11-8-7-9-12-21/h6-14,16,23,25,31H,1,15,17-20H2,2-5H3. The quantitative estimate of drug-likeness (QED) is 0.445. The zero-order chi connectivity index (χ0) is 23.6. The molecule has 0 spiro atoms. The van der Waals surface area contributed by atoms with Crippen LogP contribution in [0.15, 0.2) is 65.6 Å². The summed E-state index contributed by atoms with van der Waals surface area (Å²) in [5, 5.41) is 12.1. The van der Waals surface area contributed by atoms with Crippen molar-refractivity contribution in [3.63, 3.8) is 0 Å². The van der Waals surface area contributed by atoms with Gasteiger partial charge in [-0.25, -0.2) is 0 Å². The first-order valence-electron chi connectivity index (χ1n) is 11.9. The van der Waals surface area contributed by atoms with Gasteiger partial charge < -0.3 is 14.3 Å². The molecule has 2 aromatic carbocycles. The lowest BCUT2D eigenvalue weighted by molar-refractivity contribution is -0.119. The molecular formula is C29H37NO3. The molecule has 1 saturated heterocycles. The van der Waals surface area contributed by atoms with Crippen molar-refractivity contribution in [1.29, 1.82) is 0 Å². The summed E-state index contributed by atoms with van der Waals surface area (Å²) in [7, 11) is 0. The second kappa shape index (κ2) is 9.46. The third-order valence-electron chi connectivity index (χ3n) is 6.94. The normalized spacial score (nSPS) is 19.5. The van der Waals surface area contributed by atoms with Crippen LogP contribution in [0.5, 0.6) is 0 Å². The summed E-state index contributed by atoms with van der Waals surface area (Å²) >= 11 is 0. The molecule has 176 valence electrons. The molecule has 0 bridgehead atoms. The topological polar surface area (TPSA) is 45.8 Å². The van der Waals surface area contributed by atoms with Gasteiger partial charge in [0.2, 0.25) is 0 Å². The van der Waals surface area contributed by atoms with E-state index in [9.17, 15) is 5.11 Å². The van der Waals surface area contributed by atoms with Crippen LogP contribution in [0.4, 0.5) is 0 Å². The van der Waals surface area contributed by atoms with Gasteiger partial charge in [0.15, 0.2) is 0 Å². The van der Waals surface area contributed by atoms with E-state index in [1.807, 2.05) is 36.4 Å². The monoisotopic (exact) mass is 447 g/mol. The number of aliphatic hydroxyl groups excluding tert-OH is 1. The summed E-state index contributed by atoms with van der Waals surface area (Å²) < 4.78 is 12.4. The average Bonchev–Trinajstić information content (AvgIpc) is 3.17. The molecule has 1 atom stereocenters. The van der Waals surface area contributed by atoms with Crippen molar-refractivity contribution in [2.45, 2.75) is 76.9 Å². The number of nitrogens with zero attached hydrogens (tertiary/aromatic N) is 1. The van der Waals surface area contributed by atoms with Gasteiger partial charge in [0.25, 0.3) is 0 Å². The zero-order valence-corrected chi connectivity index (χ0v) is 20.4. The molecule has 1 aliphatic heterocycles. The fourth-order valence-electron chi connectivity index (χ4n) is 5.55. The maximum Gasteiger partial charge on any atom is 0.134 e. The van der Waals surface area contributed by atoms with E-state index in [4.69, 9.17) is 9.15 Å². The molecule has 1 aliphatic rings. The Morgan fingerprint density at radius 1 is 1.09 bits per heavy atom. The number of aliphatic hydroxyl groups is 1. The fraction of sp³-hybridized carbons (Fsp3) is 0.448. The molecule has 0 radical (unpaired) electrons. The molecule has 3 aromatic rings. The predicted molar refractivity (Wildman–Crippen MR) is 135 cm³/mol. The van der Waals surface area contributed by atoms with Gasteiger partial charge in [0, 0.05) is 29.4 Å². The molecule has 0 amide bonds. The molecule has 2 heterocycles. The third kappa shape index (κ3) is 5.40. The highest BCUT2D eigenvalue weighted by Crippen LogP contribution is 2.40. The second-order valence-electron chi connectivity index (χ2n) is 10.6. The highest BCUT2D eigenvalue weighted by atomic mass is 16.5. The second-order valence-corrected chi connectivity index (χ2v) is 10.6. The number of fused-ring (bicyclic) bond motifs is 1. The number of furan rings is 1. The molecular weight excluding hydrogens is 410 g/mol. The first-order valence-corrected chi connectivity index (χ1v) is 11.9. The number of benzene rings is 2. The highest BCUT2D eigenvalue weighted by Gasteiger charge is 2.46. The Hall–Kier alpha value is -2.40. The average molecular weight is 448 g/mol. The lowest BCUT2D eigenvalue weighted by Crippen LogP contribution is -2.63. The predicted octanol–water partition coefficient (Wildman–Crippen LogP) is 6.22. The summed E-state index contributed by atoms with van der Waals surface area (Å²) in [5.74, 6) is 0.809. The van der Waals surface area contributed by atoms with Gasteiger partial charge in [-0.1, -0.05) is 55.1 Å². The summed E-state index contributed by atoms with van der Waals surface area (Å²) in [6, 6.07) is 18.4. The minimum Gasteiger partial charge on any atom is -0.461 e. The van der Waals surface area contributed by atoms with Gasteiger partial charge in [-0.15, -0.1) is 0 Å². The van der Waals surface area contributed by atoms with Gasteiger partial charge >= 0.3 is 0 Å². The van der Waals surface area contributed by atoms with Crippen molar-refractivity contribution in [1.82, 2.24) is 4.90 Å². The van der Waals surface area contributed by atoms with E-state index in [0.29, 0.717) is 19.6 Å². The first kappa shape index (κ1) is 23.7. The lowest BCUT2D eigenvalue weighted by atomic mass is 9.77. The molecule has 1 aromatic heterocycles. The van der Waals surface area contributed by atoms with Gasteiger partial charge in [0.1, 0.15) is 11.3 Å². The largest absolute Gasteiger partial charge is 0.461 e. The van der Waals surface area contributed by atoms with Gasteiger partial charge in [-0.05, 0) is 63.8 Å². The Labute approximate surface area is 197 Å². The van der Waals surface area contributed by atoms with Crippen LogP contribution in [-0.4, -0.2) is 39.8 Å². The Kier molecular flexibility index (Phi) is 6.81. The Bertz CT molecular complexity index is 1060. The van der Waals surface area contributed by atoms with Crippen LogP contribution >= 0.6 is 0 Å². The van der Waals surface area contributed by atoms with Crippen molar-refractivity contribution in [3.05, 3.63) is 78.1 Å². The van der Waals surface area contributed by atoms with Gasteiger partial charge in [-0.3, -0.25) is 4.90 Å². The number of ether oxygens (including phenoxy) is 1. The Morgan fingerprint density at radius 2 is 1.79 bits per heavy atom. The minimum atomic E-state index is -0.516. The SMILES string of the molecule is C=Cc1cccc2oc(CC(O)CN3C(C)(C)CC(OCc4ccccc4)CC3(C)C)cc12. The van der Waals surface area contributed by atoms with Crippen molar-refractivity contribution in [3.8, 4) is 0 Å². The van der Waals surface area contributed by atoms with Crippen LogP contribution in [0, 0.1) is 0 Å². The molecule has 0 saturated carbocycles. The number of hydrogen-bond donors (Lipinski definition) is 1. The number of piperidine rings is 1. The molecule has 1 fully saturated rings. The van der Waals surface area contributed by atoms with E-state index in [2.05, 4.69) is 63.4 Å². The van der Waals surface area contributed by atoms with Crippen LogP contribution in [0.2, 0.25) is 0 Å². The number of rotatable bonds is 8. The summed E-state index contributed by atoms with van der Waals surface area (Å²) in [5.41, 5.74) is 2.92. The van der Waals surface area contributed by atoms with E-state index < -0.39 is 6.10 Å². The van der Waals surface area contributed by atoms with E-state index in [1.165, 1.54) is 5.56 Å². The number of likely N-dealkylation sites (tertiary alicyclic amines) is 1. The molecule has 1 unspecified atom stereocenters. The minimum absolute atomic E-state index is 0.0893. The van der Waals surface area contributed by atoms with Gasteiger partial charge in [0.05, 0.1) is 18.8 Å². The van der Waals surface area contributed by atoms with Crippen LogP contribution in [0.3, 0.4) is 0 Å². The summed E-state index contributed by atoms with van der Waals surface area (Å²) in [6.07, 6.45) is 3.87. The maximum absolute atomic E-state index is 11.0. The molecule has 1 N–H and O–H groups in total. The van der Waals surface area contributed by atoms with E-state index in [-0.39, 0.29) is 17.2 Å². The molecule has 0 aliphatic carbocycles. The van der Waals surface area contributed by atoms with E-state index in [1.54, 1.807) is 0 Å². The van der Waals surface area contributed by atoms with E-state index in [0.717, 1.165) is 35.1 Å². The lowest BCUT2D eigenvalue weighted by Gasteiger charge is -2.55. The smallest absolute Gasteiger partial charge is 0.134 e. The number of β-amino-alcohol motifs (C(OH)–C–C–N with tert-alkyl or cyclic N) is 1. The fourth-order valence-corrected chi connectivity index (χ4v) is 5.55. The zero-order valence-electron chi connectivity index (χ0n) is 20.4. The van der Waals surface area contributed by atoms with Crippen LogP contribution in [0.25, 0.3) is 17.0 Å². The van der Waals surface area contributed by atoms with Crippen molar-refractivity contribution < 1.29 is 14.3 Å². The summed E-state index contributed by atoms with van der Waals surface area (Å²) in [6.45, 7) is 14.2. The highest BCUT2D eigenvalue weighted by molar-refractivity contribution is 5.87. The molecule has 33 heavy (non-hydrogen) atoms. The maximum atomic E-state index is 11.0. The van der Waals surface area contributed by atoms with Crippen molar-refractivity contribution in [2.24, 2.45) is 0 Å². The Balaban J connectivity index is 1.41. The molecule has 4 heteroatoms.